The molecule has 0 aromatic heterocycles. The van der Waals surface area contributed by atoms with Crippen LogP contribution in [0.1, 0.15) is 36.1 Å². The summed E-state index contributed by atoms with van der Waals surface area (Å²) in [5, 5.41) is 13.5. The molecule has 0 saturated carbocycles. The average Bonchev–Trinajstić information content (AvgIpc) is 3.06. The fourth-order valence-corrected chi connectivity index (χ4v) is 3.06. The number of benzene rings is 2. The number of aliphatic hydroxyl groups is 1. The van der Waals surface area contributed by atoms with Crippen molar-refractivity contribution in [2.24, 2.45) is 0 Å². The standard InChI is InChI=1S/C20H25NO2/c1-15(16-6-3-2-4-7-16)21-13-19(22)14-23-20-11-10-17-8-5-9-18(17)12-20/h2-4,6-7,10-12,15,19,21-22H,5,8-9,13-14H2,1H3/t15-,19-/m1/s1. The minimum atomic E-state index is -0.519. The lowest BCUT2D eigenvalue weighted by Gasteiger charge is -2.18. The maximum absolute atomic E-state index is 10.1. The van der Waals surface area contributed by atoms with Gasteiger partial charge in [-0.15, -0.1) is 0 Å². The number of hydrogen-bond acceptors (Lipinski definition) is 3. The van der Waals surface area contributed by atoms with E-state index in [2.05, 4.69) is 36.5 Å². The molecule has 0 saturated heterocycles. The summed E-state index contributed by atoms with van der Waals surface area (Å²) in [6, 6.07) is 16.7. The van der Waals surface area contributed by atoms with Gasteiger partial charge >= 0.3 is 0 Å². The maximum atomic E-state index is 10.1. The lowest BCUT2D eigenvalue weighted by atomic mass is 10.1. The molecule has 0 radical (unpaired) electrons. The number of hydrogen-bond donors (Lipinski definition) is 2. The van der Waals surface area contributed by atoms with Crippen LogP contribution in [-0.2, 0) is 12.8 Å². The van der Waals surface area contributed by atoms with Crippen molar-refractivity contribution in [2.45, 2.75) is 38.3 Å². The molecule has 2 aromatic rings. The maximum Gasteiger partial charge on any atom is 0.119 e. The van der Waals surface area contributed by atoms with Gasteiger partial charge in [-0.1, -0.05) is 36.4 Å². The van der Waals surface area contributed by atoms with Crippen LogP contribution in [0, 0.1) is 0 Å². The summed E-state index contributed by atoms with van der Waals surface area (Å²) in [4.78, 5) is 0. The van der Waals surface area contributed by atoms with Gasteiger partial charge in [0.15, 0.2) is 0 Å². The van der Waals surface area contributed by atoms with Gasteiger partial charge in [-0.05, 0) is 55.0 Å². The van der Waals surface area contributed by atoms with Crippen LogP contribution >= 0.6 is 0 Å². The van der Waals surface area contributed by atoms with Gasteiger partial charge in [0, 0.05) is 12.6 Å². The Morgan fingerprint density at radius 1 is 1.09 bits per heavy atom. The largest absolute Gasteiger partial charge is 0.491 e. The van der Waals surface area contributed by atoms with Crippen molar-refractivity contribution in [3.05, 3.63) is 65.2 Å². The third kappa shape index (κ3) is 4.34. The van der Waals surface area contributed by atoms with Crippen LogP contribution in [-0.4, -0.2) is 24.4 Å². The number of fused-ring (bicyclic) bond motifs is 1. The van der Waals surface area contributed by atoms with Crippen LogP contribution in [0.15, 0.2) is 48.5 Å². The number of nitrogens with one attached hydrogen (secondary N) is 1. The summed E-state index contributed by atoms with van der Waals surface area (Å²) < 4.78 is 5.74. The van der Waals surface area contributed by atoms with Crippen molar-refractivity contribution in [3.63, 3.8) is 0 Å². The number of aliphatic hydroxyl groups excluding tert-OH is 1. The minimum absolute atomic E-state index is 0.214. The molecule has 3 rings (SSSR count). The van der Waals surface area contributed by atoms with Crippen molar-refractivity contribution in [3.8, 4) is 5.75 Å². The van der Waals surface area contributed by atoms with Crippen LogP contribution in [0.5, 0.6) is 5.75 Å². The molecule has 1 aliphatic carbocycles. The molecule has 0 spiro atoms. The summed E-state index contributed by atoms with van der Waals surface area (Å²) >= 11 is 0. The fourth-order valence-electron chi connectivity index (χ4n) is 3.06. The first kappa shape index (κ1) is 16.0. The van der Waals surface area contributed by atoms with Crippen molar-refractivity contribution < 1.29 is 9.84 Å². The highest BCUT2D eigenvalue weighted by molar-refractivity contribution is 5.38. The number of rotatable bonds is 7. The molecule has 0 heterocycles. The van der Waals surface area contributed by atoms with E-state index in [0.29, 0.717) is 13.2 Å². The molecule has 2 N–H and O–H groups in total. The highest BCUT2D eigenvalue weighted by Crippen LogP contribution is 2.26. The zero-order chi connectivity index (χ0) is 16.1. The van der Waals surface area contributed by atoms with E-state index >= 15 is 0 Å². The Bertz CT molecular complexity index is 627. The molecule has 3 heteroatoms. The SMILES string of the molecule is C[C@@H](NC[C@@H](O)COc1ccc2c(c1)CCC2)c1ccccc1. The van der Waals surface area contributed by atoms with Gasteiger partial charge < -0.3 is 15.2 Å². The van der Waals surface area contributed by atoms with Crippen LogP contribution < -0.4 is 10.1 Å². The molecule has 2 atom stereocenters. The molecule has 0 fully saturated rings. The highest BCUT2D eigenvalue weighted by atomic mass is 16.5. The van der Waals surface area contributed by atoms with Crippen molar-refractivity contribution >= 4 is 0 Å². The predicted molar refractivity (Wildman–Crippen MR) is 92.8 cm³/mol. The molecule has 23 heavy (non-hydrogen) atoms. The summed E-state index contributed by atoms with van der Waals surface area (Å²) in [7, 11) is 0. The smallest absolute Gasteiger partial charge is 0.119 e. The van der Waals surface area contributed by atoms with Gasteiger partial charge in [0.2, 0.25) is 0 Å². The second-order valence-corrected chi connectivity index (χ2v) is 6.29. The fraction of sp³-hybridized carbons (Fsp3) is 0.400. The molecule has 0 unspecified atom stereocenters. The van der Waals surface area contributed by atoms with Gasteiger partial charge in [0.05, 0.1) is 0 Å². The Morgan fingerprint density at radius 2 is 1.87 bits per heavy atom. The van der Waals surface area contributed by atoms with E-state index in [1.165, 1.54) is 29.5 Å². The Morgan fingerprint density at radius 3 is 2.70 bits per heavy atom. The Kier molecular flexibility index (Phi) is 5.31. The second kappa shape index (κ2) is 7.62. The van der Waals surface area contributed by atoms with Crippen LogP contribution in [0.3, 0.4) is 0 Å². The molecule has 0 aliphatic heterocycles. The second-order valence-electron chi connectivity index (χ2n) is 6.29. The summed E-state index contributed by atoms with van der Waals surface area (Å²) in [6.07, 6.45) is 3.04. The molecule has 2 aromatic carbocycles. The molecular formula is C20H25NO2. The van der Waals surface area contributed by atoms with E-state index in [0.717, 1.165) is 12.2 Å². The van der Waals surface area contributed by atoms with Gasteiger partial charge in [-0.2, -0.15) is 0 Å². The van der Waals surface area contributed by atoms with Crippen molar-refractivity contribution in [1.29, 1.82) is 0 Å². The molecule has 3 nitrogen and oxygen atoms in total. The van der Waals surface area contributed by atoms with Crippen LogP contribution in [0.25, 0.3) is 0 Å². The highest BCUT2D eigenvalue weighted by Gasteiger charge is 2.13. The van der Waals surface area contributed by atoms with Crippen LogP contribution in [0.4, 0.5) is 0 Å². The monoisotopic (exact) mass is 311 g/mol. The zero-order valence-corrected chi connectivity index (χ0v) is 13.7. The van der Waals surface area contributed by atoms with Crippen molar-refractivity contribution in [1.82, 2.24) is 5.32 Å². The molecule has 0 amide bonds. The Balaban J connectivity index is 1.44. The summed E-state index contributed by atoms with van der Waals surface area (Å²) in [5.41, 5.74) is 4.06. The Labute approximate surface area is 138 Å². The van der Waals surface area contributed by atoms with E-state index in [9.17, 15) is 5.11 Å². The lowest BCUT2D eigenvalue weighted by molar-refractivity contribution is 0.104. The zero-order valence-electron chi connectivity index (χ0n) is 13.7. The summed E-state index contributed by atoms with van der Waals surface area (Å²) in [6.45, 7) is 2.93. The molecule has 122 valence electrons. The van der Waals surface area contributed by atoms with Gasteiger partial charge in [0.25, 0.3) is 0 Å². The van der Waals surface area contributed by atoms with Crippen molar-refractivity contribution in [2.75, 3.05) is 13.2 Å². The van der Waals surface area contributed by atoms with E-state index < -0.39 is 6.10 Å². The molecule has 0 bridgehead atoms. The van der Waals surface area contributed by atoms with Crippen LogP contribution in [0.2, 0.25) is 0 Å². The molecular weight excluding hydrogens is 286 g/mol. The molecule has 1 aliphatic rings. The quantitative estimate of drug-likeness (QED) is 0.824. The first-order chi connectivity index (χ1) is 11.2. The number of ether oxygens (including phenoxy) is 1. The van der Waals surface area contributed by atoms with Gasteiger partial charge in [-0.25, -0.2) is 0 Å². The topological polar surface area (TPSA) is 41.5 Å². The van der Waals surface area contributed by atoms with E-state index in [1.54, 1.807) is 0 Å². The third-order valence-corrected chi connectivity index (χ3v) is 4.47. The number of aryl methyl sites for hydroxylation is 2. The third-order valence-electron chi connectivity index (χ3n) is 4.47. The van der Waals surface area contributed by atoms with E-state index in [4.69, 9.17) is 4.74 Å². The predicted octanol–water partition coefficient (Wildman–Crippen LogP) is 3.27. The summed E-state index contributed by atoms with van der Waals surface area (Å²) in [5.74, 6) is 0.862. The van der Waals surface area contributed by atoms with E-state index in [1.807, 2.05) is 24.3 Å². The average molecular weight is 311 g/mol. The lowest BCUT2D eigenvalue weighted by Crippen LogP contribution is -2.33. The van der Waals surface area contributed by atoms with Gasteiger partial charge in [-0.3, -0.25) is 0 Å². The normalized spacial score (nSPS) is 15.9. The minimum Gasteiger partial charge on any atom is -0.491 e. The Hall–Kier alpha value is -1.84. The first-order valence-electron chi connectivity index (χ1n) is 8.43. The first-order valence-corrected chi connectivity index (χ1v) is 8.43. The van der Waals surface area contributed by atoms with E-state index in [-0.39, 0.29) is 6.04 Å². The van der Waals surface area contributed by atoms with Gasteiger partial charge in [0.1, 0.15) is 18.5 Å².